The van der Waals surface area contributed by atoms with Crippen molar-refractivity contribution in [3.63, 3.8) is 0 Å². The highest BCUT2D eigenvalue weighted by molar-refractivity contribution is 5.76. The molecular formula is C24H29N3O2. The van der Waals surface area contributed by atoms with Gasteiger partial charge < -0.3 is 15.2 Å². The minimum atomic E-state index is -2.02. The van der Waals surface area contributed by atoms with Gasteiger partial charge in [-0.05, 0) is 72.9 Å². The van der Waals surface area contributed by atoms with E-state index < -0.39 is 17.5 Å². The molecule has 4 atom stereocenters. The van der Waals surface area contributed by atoms with E-state index in [2.05, 4.69) is 36.2 Å². The zero-order valence-corrected chi connectivity index (χ0v) is 17.2. The Labute approximate surface area is 175 Å². The van der Waals surface area contributed by atoms with E-state index in [9.17, 15) is 0 Å². The molecule has 1 aliphatic heterocycles. The molecular weight excluding hydrogens is 362 g/mol. The van der Waals surface area contributed by atoms with Crippen molar-refractivity contribution in [1.82, 2.24) is 4.98 Å². The zero-order valence-electron chi connectivity index (χ0n) is 19.2. The smallest absolute Gasteiger partial charge is 0.283 e. The first-order valence-corrected chi connectivity index (χ1v) is 10.3. The van der Waals surface area contributed by atoms with Crippen LogP contribution in [0.2, 0.25) is 0 Å². The summed E-state index contributed by atoms with van der Waals surface area (Å²) in [4.78, 5) is 9.10. The maximum absolute atomic E-state index is 8.93. The van der Waals surface area contributed by atoms with E-state index in [4.69, 9.17) is 22.9 Å². The molecule has 152 valence electrons. The van der Waals surface area contributed by atoms with Crippen molar-refractivity contribution in [3.8, 4) is 11.1 Å². The second kappa shape index (κ2) is 6.56. The minimum Gasteiger partial charge on any atom is -0.462 e. The van der Waals surface area contributed by atoms with Crippen molar-refractivity contribution >= 4 is 6.02 Å². The SMILES string of the molecule is [2H]C1([2H])OC(N)=N[C@@]12c1cc(-c3cncc(C)c3)ccc1C[C@]21CC[C@@H](OC)[C@H](C)C1. The van der Waals surface area contributed by atoms with Crippen LogP contribution in [0.25, 0.3) is 11.1 Å². The van der Waals surface area contributed by atoms with Crippen LogP contribution in [0.5, 0.6) is 0 Å². The van der Waals surface area contributed by atoms with E-state index in [1.165, 1.54) is 0 Å². The molecule has 3 aliphatic rings. The maximum Gasteiger partial charge on any atom is 0.283 e. The quantitative estimate of drug-likeness (QED) is 0.838. The molecule has 1 fully saturated rings. The Morgan fingerprint density at radius 1 is 1.28 bits per heavy atom. The van der Waals surface area contributed by atoms with Gasteiger partial charge in [0, 0.05) is 30.5 Å². The molecule has 0 amide bonds. The molecule has 5 nitrogen and oxygen atoms in total. The number of pyridine rings is 1. The molecule has 5 rings (SSSR count). The zero-order chi connectivity index (χ0) is 22.0. The van der Waals surface area contributed by atoms with Crippen molar-refractivity contribution in [2.75, 3.05) is 13.7 Å². The van der Waals surface area contributed by atoms with Gasteiger partial charge in [-0.1, -0.05) is 19.1 Å². The molecule has 1 saturated carbocycles. The number of benzene rings is 1. The summed E-state index contributed by atoms with van der Waals surface area (Å²) >= 11 is 0. The summed E-state index contributed by atoms with van der Waals surface area (Å²) in [5, 5.41) is 0. The second-order valence-corrected chi connectivity index (χ2v) is 8.94. The van der Waals surface area contributed by atoms with Crippen LogP contribution in [-0.2, 0) is 21.4 Å². The fourth-order valence-corrected chi connectivity index (χ4v) is 5.81. The lowest BCUT2D eigenvalue weighted by Crippen LogP contribution is -2.48. The van der Waals surface area contributed by atoms with Crippen molar-refractivity contribution in [3.05, 3.63) is 53.3 Å². The summed E-state index contributed by atoms with van der Waals surface area (Å²) < 4.78 is 29.1. The third-order valence-electron chi connectivity index (χ3n) is 7.14. The predicted molar refractivity (Wildman–Crippen MR) is 114 cm³/mol. The van der Waals surface area contributed by atoms with E-state index in [0.29, 0.717) is 5.92 Å². The molecule has 0 unspecified atom stereocenters. The highest BCUT2D eigenvalue weighted by Gasteiger charge is 2.62. The highest BCUT2D eigenvalue weighted by Crippen LogP contribution is 2.62. The molecule has 1 aromatic heterocycles. The van der Waals surface area contributed by atoms with Gasteiger partial charge in [0.25, 0.3) is 6.02 Å². The van der Waals surface area contributed by atoms with E-state index in [-0.39, 0.29) is 12.1 Å². The first kappa shape index (κ1) is 16.4. The van der Waals surface area contributed by atoms with Crippen molar-refractivity contribution in [2.24, 2.45) is 22.1 Å². The van der Waals surface area contributed by atoms with Gasteiger partial charge in [0.05, 0.1) is 8.85 Å². The number of ether oxygens (including phenoxy) is 2. The summed E-state index contributed by atoms with van der Waals surface area (Å²) in [5.41, 5.74) is 9.55. The standard InChI is InChI=1S/C24H29N3O2/c1-15-8-19(13-26-12-15)17-4-5-18-11-23(7-6-21(28-3)16(2)10-23)24(20(18)9-17)14-29-22(25)27-24/h4-5,8-9,12-13,16,21H,6-7,10-11,14H2,1-3H3,(H2,25,27)/t16-,21-,23-,24-/m1/s1/i14D2. The number of aromatic nitrogens is 1. The second-order valence-electron chi connectivity index (χ2n) is 8.94. The summed E-state index contributed by atoms with van der Waals surface area (Å²) in [6.07, 6.45) is 7.09. The van der Waals surface area contributed by atoms with Gasteiger partial charge >= 0.3 is 0 Å². The molecule has 1 aromatic carbocycles. The molecule has 29 heavy (non-hydrogen) atoms. The number of hydrogen-bond acceptors (Lipinski definition) is 5. The number of aliphatic imine (C=N–C) groups is 1. The van der Waals surface area contributed by atoms with E-state index >= 15 is 0 Å². The van der Waals surface area contributed by atoms with Gasteiger partial charge in [-0.3, -0.25) is 4.98 Å². The number of nitrogens with two attached hydrogens (primary N) is 1. The lowest BCUT2D eigenvalue weighted by Gasteiger charge is -2.47. The first-order chi connectivity index (χ1) is 14.7. The summed E-state index contributed by atoms with van der Waals surface area (Å²) in [6.45, 7) is 2.18. The van der Waals surface area contributed by atoms with Gasteiger partial charge in [-0.15, -0.1) is 0 Å². The number of rotatable bonds is 2. The summed E-state index contributed by atoms with van der Waals surface area (Å²) in [5.74, 6) is 0.290. The molecule has 0 radical (unpaired) electrons. The van der Waals surface area contributed by atoms with Gasteiger partial charge in [0.2, 0.25) is 0 Å². The van der Waals surface area contributed by atoms with Crippen LogP contribution in [0.1, 0.15) is 45.6 Å². The Morgan fingerprint density at radius 3 is 2.83 bits per heavy atom. The van der Waals surface area contributed by atoms with Gasteiger partial charge in [-0.25, -0.2) is 4.99 Å². The average molecular weight is 394 g/mol. The van der Waals surface area contributed by atoms with Gasteiger partial charge in [0.15, 0.2) is 0 Å². The Bertz CT molecular complexity index is 1070. The van der Waals surface area contributed by atoms with Crippen molar-refractivity contribution in [1.29, 1.82) is 0 Å². The van der Waals surface area contributed by atoms with Crippen LogP contribution in [0.3, 0.4) is 0 Å². The molecule has 2 heterocycles. The van der Waals surface area contributed by atoms with Crippen LogP contribution >= 0.6 is 0 Å². The summed E-state index contributed by atoms with van der Waals surface area (Å²) in [7, 11) is 1.76. The predicted octanol–water partition coefficient (Wildman–Crippen LogP) is 3.97. The molecule has 2 aliphatic carbocycles. The molecule has 0 bridgehead atoms. The largest absolute Gasteiger partial charge is 0.462 e. The monoisotopic (exact) mass is 393 g/mol. The number of amidine groups is 1. The fourth-order valence-electron chi connectivity index (χ4n) is 5.81. The number of hydrogen-bond donors (Lipinski definition) is 1. The molecule has 2 spiro atoms. The van der Waals surface area contributed by atoms with Crippen LogP contribution < -0.4 is 5.73 Å². The third-order valence-corrected chi connectivity index (χ3v) is 7.14. The topological polar surface area (TPSA) is 69.7 Å². The van der Waals surface area contributed by atoms with E-state index in [0.717, 1.165) is 53.5 Å². The van der Waals surface area contributed by atoms with Crippen molar-refractivity contribution in [2.45, 2.75) is 51.2 Å². The van der Waals surface area contributed by atoms with E-state index in [1.807, 2.05) is 19.3 Å². The molecule has 0 saturated heterocycles. The maximum atomic E-state index is 8.93. The number of methoxy groups -OCH3 is 1. The lowest BCUT2D eigenvalue weighted by molar-refractivity contribution is -0.0445. The number of fused-ring (bicyclic) bond motifs is 3. The minimum absolute atomic E-state index is 0.0682. The average Bonchev–Trinajstić information content (AvgIpc) is 3.12. The summed E-state index contributed by atoms with van der Waals surface area (Å²) in [6, 6.07) is 8.33. The van der Waals surface area contributed by atoms with Gasteiger partial charge in [0.1, 0.15) is 12.1 Å². The normalized spacial score (nSPS) is 35.8. The van der Waals surface area contributed by atoms with Crippen LogP contribution in [0.15, 0.2) is 41.7 Å². The Balaban J connectivity index is 1.70. The van der Waals surface area contributed by atoms with Crippen LogP contribution in [0.4, 0.5) is 0 Å². The Hall–Kier alpha value is -2.40. The highest BCUT2D eigenvalue weighted by atomic mass is 16.5. The van der Waals surface area contributed by atoms with Crippen LogP contribution in [-0.4, -0.2) is 30.8 Å². The van der Waals surface area contributed by atoms with Crippen LogP contribution in [0, 0.1) is 18.3 Å². The number of aryl methyl sites for hydroxylation is 1. The van der Waals surface area contributed by atoms with E-state index in [1.54, 1.807) is 7.11 Å². The molecule has 2 aromatic rings. The number of nitrogens with zero attached hydrogens (tertiary/aromatic N) is 2. The molecule has 2 N–H and O–H groups in total. The fraction of sp³-hybridized carbons (Fsp3) is 0.500. The molecule has 5 heteroatoms. The van der Waals surface area contributed by atoms with Gasteiger partial charge in [-0.2, -0.15) is 0 Å². The first-order valence-electron chi connectivity index (χ1n) is 11.3. The lowest BCUT2D eigenvalue weighted by atomic mass is 9.59. The Kier molecular flexibility index (Phi) is 3.71. The Morgan fingerprint density at radius 2 is 2.14 bits per heavy atom. The third kappa shape index (κ3) is 2.71. The van der Waals surface area contributed by atoms with Crippen molar-refractivity contribution < 1.29 is 12.2 Å².